The average Bonchev–Trinajstić information content (AvgIpc) is 2.06. The van der Waals surface area contributed by atoms with Crippen molar-refractivity contribution in [2.24, 2.45) is 10.8 Å². The number of rotatable bonds is 2. The van der Waals surface area contributed by atoms with Crippen molar-refractivity contribution < 1.29 is 23.4 Å². The number of aliphatic carboxylic acids is 1. The first kappa shape index (κ1) is 13.4. The number of ether oxygens (including phenoxy) is 1. The molecule has 0 aliphatic carbocycles. The second kappa shape index (κ2) is 3.95. The number of halogens is 2. The summed E-state index contributed by atoms with van der Waals surface area (Å²) in [5.74, 6) is -4.67. The molecule has 0 radical (unpaired) electrons. The largest absolute Gasteiger partial charge is 0.481 e. The maximum atomic E-state index is 13.8. The number of hydrogen-bond donors (Lipinski definition) is 1. The Hall–Kier alpha value is -0.710. The third-order valence-corrected chi connectivity index (χ3v) is 2.85. The highest BCUT2D eigenvalue weighted by molar-refractivity contribution is 5.76. The van der Waals surface area contributed by atoms with Gasteiger partial charge in [0, 0.05) is 6.42 Å². The van der Waals surface area contributed by atoms with Crippen LogP contribution in [0.3, 0.4) is 0 Å². The molecule has 1 rings (SSSR count). The van der Waals surface area contributed by atoms with Crippen LogP contribution in [0.15, 0.2) is 0 Å². The van der Waals surface area contributed by atoms with Crippen LogP contribution in [0, 0.1) is 10.8 Å². The zero-order valence-corrected chi connectivity index (χ0v) is 9.85. The first-order valence-electron chi connectivity index (χ1n) is 5.30. The van der Waals surface area contributed by atoms with Crippen molar-refractivity contribution in [3.05, 3.63) is 0 Å². The summed E-state index contributed by atoms with van der Waals surface area (Å²) in [6.07, 6.45) is -0.613. The number of carboxylic acid groups (broad SMARTS) is 1. The lowest BCUT2D eigenvalue weighted by molar-refractivity contribution is -0.223. The molecule has 0 aromatic heterocycles. The summed E-state index contributed by atoms with van der Waals surface area (Å²) in [7, 11) is 0. The third kappa shape index (κ3) is 2.34. The van der Waals surface area contributed by atoms with Gasteiger partial charge < -0.3 is 9.84 Å². The zero-order chi connectivity index (χ0) is 12.6. The van der Waals surface area contributed by atoms with Crippen LogP contribution < -0.4 is 0 Å². The van der Waals surface area contributed by atoms with E-state index in [1.807, 2.05) is 0 Å². The van der Waals surface area contributed by atoms with Crippen LogP contribution in [-0.2, 0) is 9.53 Å². The third-order valence-electron chi connectivity index (χ3n) is 2.85. The van der Waals surface area contributed by atoms with Crippen LogP contribution in [0.1, 0.15) is 33.6 Å². The van der Waals surface area contributed by atoms with Gasteiger partial charge in [-0.05, 0) is 11.8 Å². The number of carboxylic acids is 1. The predicted molar refractivity (Wildman–Crippen MR) is 54.5 cm³/mol. The molecule has 1 heterocycles. The first-order chi connectivity index (χ1) is 7.11. The van der Waals surface area contributed by atoms with Gasteiger partial charge >= 0.3 is 5.97 Å². The molecular weight excluding hydrogens is 218 g/mol. The van der Waals surface area contributed by atoms with Gasteiger partial charge in [0.1, 0.15) is 0 Å². The van der Waals surface area contributed by atoms with E-state index in [2.05, 4.69) is 0 Å². The van der Waals surface area contributed by atoms with Crippen LogP contribution in [0.2, 0.25) is 0 Å². The predicted octanol–water partition coefficient (Wildman–Crippen LogP) is 2.55. The van der Waals surface area contributed by atoms with E-state index in [0.717, 1.165) is 0 Å². The number of alkyl halides is 2. The molecule has 1 atom stereocenters. The Labute approximate surface area is 93.8 Å². The Morgan fingerprint density at radius 3 is 2.38 bits per heavy atom. The van der Waals surface area contributed by atoms with E-state index < -0.39 is 35.7 Å². The highest BCUT2D eigenvalue weighted by Gasteiger charge is 2.62. The lowest BCUT2D eigenvalue weighted by atomic mass is 9.68. The smallest absolute Gasteiger partial charge is 0.318 e. The standard InChI is InChI=1S/C11H18F2O3/c1-9(2,3)6-10(8(14)15)7-16-5-4-11(10,12)13/h4-7H2,1-3H3,(H,14,15). The quantitative estimate of drug-likeness (QED) is 0.801. The van der Waals surface area contributed by atoms with Crippen LogP contribution in [0.4, 0.5) is 8.78 Å². The van der Waals surface area contributed by atoms with Gasteiger partial charge in [0.15, 0.2) is 5.41 Å². The second-order valence-corrected chi connectivity index (χ2v) is 5.63. The Balaban J connectivity index is 3.08. The lowest BCUT2D eigenvalue weighted by Crippen LogP contribution is -2.56. The molecule has 0 aromatic carbocycles. The molecule has 1 aliphatic rings. The van der Waals surface area contributed by atoms with Gasteiger partial charge in [0.2, 0.25) is 0 Å². The zero-order valence-electron chi connectivity index (χ0n) is 9.85. The lowest BCUT2D eigenvalue weighted by Gasteiger charge is -2.43. The van der Waals surface area contributed by atoms with E-state index in [9.17, 15) is 13.6 Å². The molecule has 1 aliphatic heterocycles. The highest BCUT2D eigenvalue weighted by Crippen LogP contribution is 2.49. The van der Waals surface area contributed by atoms with E-state index in [1.165, 1.54) is 0 Å². The molecule has 0 bridgehead atoms. The minimum absolute atomic E-state index is 0.0772. The fourth-order valence-electron chi connectivity index (χ4n) is 2.17. The molecule has 94 valence electrons. The average molecular weight is 236 g/mol. The van der Waals surface area contributed by atoms with Gasteiger partial charge in [-0.3, -0.25) is 4.79 Å². The van der Waals surface area contributed by atoms with Crippen molar-refractivity contribution in [3.8, 4) is 0 Å². The molecule has 0 amide bonds. The summed E-state index contributed by atoms with van der Waals surface area (Å²) in [6, 6.07) is 0. The summed E-state index contributed by atoms with van der Waals surface area (Å²) in [6.45, 7) is 4.77. The summed E-state index contributed by atoms with van der Waals surface area (Å²) >= 11 is 0. The number of hydrogen-bond acceptors (Lipinski definition) is 2. The maximum Gasteiger partial charge on any atom is 0.318 e. The van der Waals surface area contributed by atoms with Gasteiger partial charge in [0.25, 0.3) is 5.92 Å². The van der Waals surface area contributed by atoms with Crippen LogP contribution in [0.5, 0.6) is 0 Å². The van der Waals surface area contributed by atoms with Crippen LogP contribution >= 0.6 is 0 Å². The van der Waals surface area contributed by atoms with Crippen molar-refractivity contribution in [2.75, 3.05) is 13.2 Å². The van der Waals surface area contributed by atoms with Crippen molar-refractivity contribution >= 4 is 5.97 Å². The van der Waals surface area contributed by atoms with Gasteiger partial charge in [-0.25, -0.2) is 8.78 Å². The first-order valence-corrected chi connectivity index (χ1v) is 5.30. The van der Waals surface area contributed by atoms with Gasteiger partial charge in [0.05, 0.1) is 13.2 Å². The molecule has 1 fully saturated rings. The summed E-state index contributed by atoms with van der Waals surface area (Å²) in [5, 5.41) is 9.13. The fourth-order valence-corrected chi connectivity index (χ4v) is 2.17. The highest BCUT2D eigenvalue weighted by atomic mass is 19.3. The Bertz CT molecular complexity index is 283. The molecule has 0 spiro atoms. The molecule has 5 heteroatoms. The molecule has 0 aromatic rings. The molecule has 0 saturated carbocycles. The monoisotopic (exact) mass is 236 g/mol. The molecule has 1 N–H and O–H groups in total. The van der Waals surface area contributed by atoms with E-state index in [-0.39, 0.29) is 13.0 Å². The maximum absolute atomic E-state index is 13.8. The van der Waals surface area contributed by atoms with Crippen LogP contribution in [-0.4, -0.2) is 30.2 Å². The van der Waals surface area contributed by atoms with Gasteiger partial charge in [-0.1, -0.05) is 20.8 Å². The van der Waals surface area contributed by atoms with Gasteiger partial charge in [-0.2, -0.15) is 0 Å². The fraction of sp³-hybridized carbons (Fsp3) is 0.909. The molecular formula is C11H18F2O3. The minimum Gasteiger partial charge on any atom is -0.481 e. The number of carbonyl (C=O) groups is 1. The molecule has 1 saturated heterocycles. The van der Waals surface area contributed by atoms with Crippen molar-refractivity contribution in [1.82, 2.24) is 0 Å². The van der Waals surface area contributed by atoms with E-state index in [0.29, 0.717) is 0 Å². The normalized spacial score (nSPS) is 30.1. The molecule has 3 nitrogen and oxygen atoms in total. The Morgan fingerprint density at radius 1 is 1.44 bits per heavy atom. The minimum atomic E-state index is -3.20. The van der Waals surface area contributed by atoms with Crippen LogP contribution in [0.25, 0.3) is 0 Å². The molecule has 1 unspecified atom stereocenters. The van der Waals surface area contributed by atoms with Gasteiger partial charge in [-0.15, -0.1) is 0 Å². The molecule has 16 heavy (non-hydrogen) atoms. The van der Waals surface area contributed by atoms with Crippen molar-refractivity contribution in [1.29, 1.82) is 0 Å². The summed E-state index contributed by atoms with van der Waals surface area (Å²) in [5.41, 5.74) is -2.56. The van der Waals surface area contributed by atoms with E-state index >= 15 is 0 Å². The SMILES string of the molecule is CC(C)(C)CC1(C(=O)O)COCCC1(F)F. The summed E-state index contributed by atoms with van der Waals surface area (Å²) in [4.78, 5) is 11.2. The second-order valence-electron chi connectivity index (χ2n) is 5.63. The van der Waals surface area contributed by atoms with E-state index in [4.69, 9.17) is 9.84 Å². The van der Waals surface area contributed by atoms with E-state index in [1.54, 1.807) is 20.8 Å². The Morgan fingerprint density at radius 2 is 2.00 bits per heavy atom. The topological polar surface area (TPSA) is 46.5 Å². The Kier molecular flexibility index (Phi) is 3.29. The van der Waals surface area contributed by atoms with Crippen molar-refractivity contribution in [3.63, 3.8) is 0 Å². The van der Waals surface area contributed by atoms with Crippen molar-refractivity contribution in [2.45, 2.75) is 39.5 Å². The summed E-state index contributed by atoms with van der Waals surface area (Å²) < 4.78 is 32.7.